The average Bonchev–Trinajstić information content (AvgIpc) is 2.63. The fraction of sp³-hybridized carbons (Fsp3) is 0.286. The molecule has 0 heterocycles. The van der Waals surface area contributed by atoms with Crippen LogP contribution in [-0.2, 0) is 15.0 Å². The predicted octanol–water partition coefficient (Wildman–Crippen LogP) is 3.47. The Labute approximate surface area is 159 Å². The van der Waals surface area contributed by atoms with E-state index in [1.807, 2.05) is 31.2 Å². The van der Waals surface area contributed by atoms with Crippen molar-refractivity contribution in [3.05, 3.63) is 59.7 Å². The van der Waals surface area contributed by atoms with Crippen LogP contribution in [0.25, 0.3) is 0 Å². The Morgan fingerprint density at radius 1 is 1.04 bits per heavy atom. The minimum Gasteiger partial charge on any atom is -0.492 e. The highest BCUT2D eigenvalue weighted by Crippen LogP contribution is 2.23. The van der Waals surface area contributed by atoms with Gasteiger partial charge < -0.3 is 10.1 Å². The number of hydrogen-bond acceptors (Lipinski definition) is 4. The van der Waals surface area contributed by atoms with E-state index in [9.17, 15) is 9.59 Å². The van der Waals surface area contributed by atoms with Crippen LogP contribution in [0.2, 0.25) is 0 Å². The van der Waals surface area contributed by atoms with Crippen LogP contribution in [0, 0.1) is 0 Å². The first-order chi connectivity index (χ1) is 12.8. The van der Waals surface area contributed by atoms with Crippen LogP contribution in [0.3, 0.4) is 0 Å². The van der Waals surface area contributed by atoms with Crippen molar-refractivity contribution >= 4 is 23.7 Å². The number of carbonyl (C=O) groups excluding carboxylic acids is 2. The van der Waals surface area contributed by atoms with Crippen molar-refractivity contribution in [3.8, 4) is 5.75 Å². The zero-order valence-corrected chi connectivity index (χ0v) is 16.1. The number of benzene rings is 2. The van der Waals surface area contributed by atoms with E-state index in [0.29, 0.717) is 18.0 Å². The molecule has 2 rings (SSSR count). The van der Waals surface area contributed by atoms with E-state index >= 15 is 0 Å². The normalized spacial score (nSPS) is 11.3. The molecule has 0 aliphatic heterocycles. The lowest BCUT2D eigenvalue weighted by Gasteiger charge is -2.18. The van der Waals surface area contributed by atoms with Gasteiger partial charge in [0.15, 0.2) is 0 Å². The van der Waals surface area contributed by atoms with Crippen molar-refractivity contribution in [1.29, 1.82) is 0 Å². The van der Waals surface area contributed by atoms with Crippen molar-refractivity contribution in [2.75, 3.05) is 11.9 Å². The zero-order chi connectivity index (χ0) is 19.9. The molecule has 0 saturated heterocycles. The van der Waals surface area contributed by atoms with E-state index in [2.05, 4.69) is 36.6 Å². The molecule has 2 aromatic carbocycles. The van der Waals surface area contributed by atoms with Gasteiger partial charge in [0.1, 0.15) is 5.75 Å². The lowest BCUT2D eigenvalue weighted by molar-refractivity contribution is -0.136. The van der Waals surface area contributed by atoms with Gasteiger partial charge in [-0.15, -0.1) is 0 Å². The minimum atomic E-state index is -0.858. The predicted molar refractivity (Wildman–Crippen MR) is 107 cm³/mol. The van der Waals surface area contributed by atoms with Gasteiger partial charge in [0.2, 0.25) is 0 Å². The van der Waals surface area contributed by atoms with E-state index < -0.39 is 11.8 Å². The van der Waals surface area contributed by atoms with Crippen molar-refractivity contribution in [2.45, 2.75) is 33.1 Å². The molecular formula is C21H25N3O3. The molecule has 0 atom stereocenters. The van der Waals surface area contributed by atoms with Crippen LogP contribution in [0.4, 0.5) is 5.69 Å². The van der Waals surface area contributed by atoms with E-state index in [0.717, 1.165) is 5.56 Å². The molecule has 2 aromatic rings. The monoisotopic (exact) mass is 367 g/mol. The van der Waals surface area contributed by atoms with Crippen LogP contribution in [0.5, 0.6) is 5.75 Å². The molecule has 6 heteroatoms. The summed E-state index contributed by atoms with van der Waals surface area (Å²) in [5.41, 5.74) is 4.76. The number of carbonyl (C=O) groups is 2. The largest absolute Gasteiger partial charge is 0.492 e. The number of hydrazone groups is 1. The summed E-state index contributed by atoms with van der Waals surface area (Å²) >= 11 is 0. The Hall–Kier alpha value is -3.15. The summed E-state index contributed by atoms with van der Waals surface area (Å²) < 4.78 is 5.41. The first-order valence-corrected chi connectivity index (χ1v) is 8.78. The van der Waals surface area contributed by atoms with Crippen molar-refractivity contribution < 1.29 is 14.3 Å². The molecule has 0 spiro atoms. The Bertz CT molecular complexity index is 821. The van der Waals surface area contributed by atoms with Gasteiger partial charge in [0.25, 0.3) is 0 Å². The van der Waals surface area contributed by atoms with Gasteiger partial charge in [-0.05, 0) is 35.6 Å². The minimum absolute atomic E-state index is 0.0692. The number of hydrogen-bond donors (Lipinski definition) is 2. The number of ether oxygens (including phenoxy) is 1. The molecule has 0 fully saturated rings. The van der Waals surface area contributed by atoms with Crippen molar-refractivity contribution in [1.82, 2.24) is 5.43 Å². The van der Waals surface area contributed by atoms with Crippen LogP contribution in [0.1, 0.15) is 38.8 Å². The summed E-state index contributed by atoms with van der Waals surface area (Å²) in [5.74, 6) is -1.17. The van der Waals surface area contributed by atoms with Crippen molar-refractivity contribution in [3.63, 3.8) is 0 Å². The molecule has 2 N–H and O–H groups in total. The number of rotatable bonds is 5. The fourth-order valence-electron chi connectivity index (χ4n) is 2.32. The van der Waals surface area contributed by atoms with Gasteiger partial charge >= 0.3 is 11.8 Å². The number of amides is 2. The third kappa shape index (κ3) is 5.95. The molecule has 27 heavy (non-hydrogen) atoms. The maximum atomic E-state index is 12.0. The zero-order valence-electron chi connectivity index (χ0n) is 16.1. The number of nitrogens with one attached hydrogen (secondary N) is 2. The average molecular weight is 367 g/mol. The molecule has 0 bridgehead atoms. The molecule has 2 amide bonds. The second kappa shape index (κ2) is 8.98. The molecule has 0 saturated carbocycles. The fourth-order valence-corrected chi connectivity index (χ4v) is 2.32. The van der Waals surface area contributed by atoms with E-state index in [1.165, 1.54) is 11.8 Å². The topological polar surface area (TPSA) is 79.8 Å². The third-order valence-corrected chi connectivity index (χ3v) is 3.80. The highest BCUT2D eigenvalue weighted by atomic mass is 16.5. The standard InChI is InChI=1S/C21H25N3O3/c1-5-27-18-9-7-6-8-17(18)23-19(25)20(26)24-22-14-15-10-12-16(13-11-15)21(2,3)4/h6-14H,5H2,1-4H3,(H,23,25)(H,24,26). The highest BCUT2D eigenvalue weighted by molar-refractivity contribution is 6.39. The van der Waals surface area contributed by atoms with Gasteiger partial charge in [-0.2, -0.15) is 5.10 Å². The van der Waals surface area contributed by atoms with Crippen LogP contribution < -0.4 is 15.5 Å². The van der Waals surface area contributed by atoms with Gasteiger partial charge in [-0.3, -0.25) is 9.59 Å². The van der Waals surface area contributed by atoms with E-state index in [-0.39, 0.29) is 5.41 Å². The molecule has 0 radical (unpaired) electrons. The summed E-state index contributed by atoms with van der Waals surface area (Å²) in [6.07, 6.45) is 1.49. The molecule has 6 nitrogen and oxygen atoms in total. The summed E-state index contributed by atoms with van der Waals surface area (Å²) in [5, 5.41) is 6.36. The molecular weight excluding hydrogens is 342 g/mol. The van der Waals surface area contributed by atoms with Gasteiger partial charge in [0, 0.05) is 0 Å². The van der Waals surface area contributed by atoms with Gasteiger partial charge in [-0.25, -0.2) is 5.43 Å². The summed E-state index contributed by atoms with van der Waals surface area (Å²) in [6.45, 7) is 8.71. The quantitative estimate of drug-likeness (QED) is 0.482. The van der Waals surface area contributed by atoms with Crippen molar-refractivity contribution in [2.24, 2.45) is 5.10 Å². The molecule has 142 valence electrons. The molecule has 0 unspecified atom stereocenters. The highest BCUT2D eigenvalue weighted by Gasteiger charge is 2.15. The van der Waals surface area contributed by atoms with E-state index in [1.54, 1.807) is 24.3 Å². The second-order valence-corrected chi connectivity index (χ2v) is 6.95. The maximum absolute atomic E-state index is 12.0. The maximum Gasteiger partial charge on any atom is 0.329 e. The first-order valence-electron chi connectivity index (χ1n) is 8.78. The number of anilines is 1. The lowest BCUT2D eigenvalue weighted by atomic mass is 9.87. The second-order valence-electron chi connectivity index (χ2n) is 6.95. The summed E-state index contributed by atoms with van der Waals surface area (Å²) in [7, 11) is 0. The van der Waals surface area contributed by atoms with Crippen LogP contribution in [-0.4, -0.2) is 24.6 Å². The van der Waals surface area contributed by atoms with E-state index in [4.69, 9.17) is 4.74 Å². The number of para-hydroxylation sites is 2. The van der Waals surface area contributed by atoms with Gasteiger partial charge in [0.05, 0.1) is 18.5 Å². The molecule has 0 aliphatic rings. The van der Waals surface area contributed by atoms with Crippen LogP contribution >= 0.6 is 0 Å². The smallest absolute Gasteiger partial charge is 0.329 e. The summed E-state index contributed by atoms with van der Waals surface area (Å²) in [4.78, 5) is 23.9. The Kier molecular flexibility index (Phi) is 6.71. The SMILES string of the molecule is CCOc1ccccc1NC(=O)C(=O)NN=Cc1ccc(C(C)(C)C)cc1. The first kappa shape index (κ1) is 20.2. The van der Waals surface area contributed by atoms with Gasteiger partial charge in [-0.1, -0.05) is 57.2 Å². The number of nitrogens with zero attached hydrogens (tertiary/aromatic N) is 1. The van der Waals surface area contributed by atoms with Crippen LogP contribution in [0.15, 0.2) is 53.6 Å². The Balaban J connectivity index is 1.93. The Morgan fingerprint density at radius 3 is 2.33 bits per heavy atom. The summed E-state index contributed by atoms with van der Waals surface area (Å²) in [6, 6.07) is 14.8. The molecule has 0 aromatic heterocycles. The lowest BCUT2D eigenvalue weighted by Crippen LogP contribution is -2.32. The third-order valence-electron chi connectivity index (χ3n) is 3.80. The Morgan fingerprint density at radius 2 is 1.70 bits per heavy atom. The molecule has 0 aliphatic carbocycles.